The van der Waals surface area contributed by atoms with E-state index in [2.05, 4.69) is 19.2 Å². The van der Waals surface area contributed by atoms with Crippen molar-refractivity contribution in [2.75, 3.05) is 23.1 Å². The number of nitrogens with two attached hydrogens (primary N) is 1. The number of halogens is 1. The van der Waals surface area contributed by atoms with E-state index in [0.29, 0.717) is 35.0 Å². The molecule has 0 unspecified atom stereocenters. The molecule has 34 heavy (non-hydrogen) atoms. The predicted octanol–water partition coefficient (Wildman–Crippen LogP) is 6.90. The molecule has 0 fully saturated rings. The third kappa shape index (κ3) is 5.50. The number of aryl methyl sites for hydroxylation is 1. The second-order valence-corrected chi connectivity index (χ2v) is 8.59. The number of benzene rings is 3. The number of carbonyl (C=O) groups excluding carboxylic acids is 1. The first-order valence-electron chi connectivity index (χ1n) is 11.7. The Morgan fingerprint density at radius 2 is 1.71 bits per heavy atom. The molecule has 3 N–H and O–H groups in total. The number of rotatable bonds is 8. The van der Waals surface area contributed by atoms with Gasteiger partial charge in [-0.15, -0.1) is 0 Å². The van der Waals surface area contributed by atoms with Crippen molar-refractivity contribution in [3.05, 3.63) is 82.7 Å². The SMILES string of the molecule is CCc1ccc(N)c(CC)c1NC(=O)N(Cc1ccc(OC)cc1F)c1ccc(C(C)C)cc1. The van der Waals surface area contributed by atoms with Crippen molar-refractivity contribution in [2.24, 2.45) is 0 Å². The largest absolute Gasteiger partial charge is 0.497 e. The molecule has 0 saturated carbocycles. The molecule has 0 radical (unpaired) electrons. The molecule has 2 amide bonds. The van der Waals surface area contributed by atoms with Gasteiger partial charge in [0.15, 0.2) is 0 Å². The number of hydrogen-bond acceptors (Lipinski definition) is 3. The van der Waals surface area contributed by atoms with Gasteiger partial charge in [0, 0.05) is 23.0 Å². The van der Waals surface area contributed by atoms with E-state index in [1.807, 2.05) is 50.2 Å². The lowest BCUT2D eigenvalue weighted by molar-refractivity contribution is 0.256. The van der Waals surface area contributed by atoms with Gasteiger partial charge in [0.05, 0.1) is 19.3 Å². The van der Waals surface area contributed by atoms with E-state index < -0.39 is 5.82 Å². The molecule has 3 aromatic carbocycles. The summed E-state index contributed by atoms with van der Waals surface area (Å²) in [6, 6.07) is 15.9. The summed E-state index contributed by atoms with van der Waals surface area (Å²) in [4.78, 5) is 15.2. The summed E-state index contributed by atoms with van der Waals surface area (Å²) in [5.41, 5.74) is 11.7. The molecule has 0 aliphatic carbocycles. The van der Waals surface area contributed by atoms with Crippen LogP contribution in [-0.2, 0) is 19.4 Å². The van der Waals surface area contributed by atoms with Crippen molar-refractivity contribution in [3.8, 4) is 5.75 Å². The maximum absolute atomic E-state index is 14.8. The van der Waals surface area contributed by atoms with Crippen LogP contribution in [-0.4, -0.2) is 13.1 Å². The van der Waals surface area contributed by atoms with Crippen LogP contribution in [0.2, 0.25) is 0 Å². The lowest BCUT2D eigenvalue weighted by Gasteiger charge is -2.26. The van der Waals surface area contributed by atoms with Crippen molar-refractivity contribution in [1.29, 1.82) is 0 Å². The van der Waals surface area contributed by atoms with Crippen LogP contribution in [0.25, 0.3) is 0 Å². The molecule has 6 heteroatoms. The highest BCUT2D eigenvalue weighted by Gasteiger charge is 2.21. The van der Waals surface area contributed by atoms with Gasteiger partial charge in [-0.1, -0.05) is 52.0 Å². The summed E-state index contributed by atoms with van der Waals surface area (Å²) < 4.78 is 19.9. The highest BCUT2D eigenvalue weighted by Crippen LogP contribution is 2.30. The summed E-state index contributed by atoms with van der Waals surface area (Å²) >= 11 is 0. The van der Waals surface area contributed by atoms with Crippen molar-refractivity contribution in [3.63, 3.8) is 0 Å². The van der Waals surface area contributed by atoms with Gasteiger partial charge >= 0.3 is 6.03 Å². The zero-order chi connectivity index (χ0) is 24.8. The number of nitrogens with one attached hydrogen (secondary N) is 1. The van der Waals surface area contributed by atoms with Crippen molar-refractivity contribution in [1.82, 2.24) is 0 Å². The number of amides is 2. The van der Waals surface area contributed by atoms with Gasteiger partial charge in [-0.2, -0.15) is 0 Å². The summed E-state index contributed by atoms with van der Waals surface area (Å²) in [5.74, 6) is 0.365. The van der Waals surface area contributed by atoms with Crippen molar-refractivity contribution >= 4 is 23.1 Å². The minimum atomic E-state index is -0.427. The van der Waals surface area contributed by atoms with Gasteiger partial charge in [-0.05, 0) is 59.7 Å². The van der Waals surface area contributed by atoms with Crippen LogP contribution in [0.1, 0.15) is 55.9 Å². The molecule has 0 atom stereocenters. The maximum atomic E-state index is 14.8. The molecule has 0 aromatic heterocycles. The number of ether oxygens (including phenoxy) is 1. The fourth-order valence-corrected chi connectivity index (χ4v) is 3.99. The zero-order valence-electron chi connectivity index (χ0n) is 20.6. The Hall–Kier alpha value is -3.54. The molecule has 0 aliphatic rings. The second kappa shape index (κ2) is 11.1. The lowest BCUT2D eigenvalue weighted by Crippen LogP contribution is -2.35. The quantitative estimate of drug-likeness (QED) is 0.357. The van der Waals surface area contributed by atoms with E-state index in [-0.39, 0.29) is 12.6 Å². The molecule has 0 saturated heterocycles. The number of nitrogen functional groups attached to an aromatic ring is 1. The van der Waals surface area contributed by atoms with Crippen LogP contribution in [0.4, 0.5) is 26.2 Å². The summed E-state index contributed by atoms with van der Waals surface area (Å²) in [7, 11) is 1.49. The highest BCUT2D eigenvalue weighted by molar-refractivity contribution is 6.03. The van der Waals surface area contributed by atoms with Gasteiger partial charge in [-0.25, -0.2) is 9.18 Å². The fraction of sp³-hybridized carbons (Fsp3) is 0.321. The Morgan fingerprint density at radius 3 is 2.26 bits per heavy atom. The number of carbonyl (C=O) groups is 1. The second-order valence-electron chi connectivity index (χ2n) is 8.59. The van der Waals surface area contributed by atoms with Gasteiger partial charge in [0.1, 0.15) is 11.6 Å². The minimum absolute atomic E-state index is 0.0634. The third-order valence-electron chi connectivity index (χ3n) is 6.11. The molecule has 3 aromatic rings. The highest BCUT2D eigenvalue weighted by atomic mass is 19.1. The predicted molar refractivity (Wildman–Crippen MR) is 138 cm³/mol. The van der Waals surface area contributed by atoms with Crippen LogP contribution in [0.15, 0.2) is 54.6 Å². The van der Waals surface area contributed by atoms with E-state index in [0.717, 1.165) is 28.8 Å². The first-order valence-corrected chi connectivity index (χ1v) is 11.7. The molecule has 0 bridgehead atoms. The van der Waals surface area contributed by atoms with Crippen LogP contribution >= 0.6 is 0 Å². The molecule has 0 heterocycles. The zero-order valence-corrected chi connectivity index (χ0v) is 20.6. The van der Waals surface area contributed by atoms with Crippen LogP contribution in [0.3, 0.4) is 0 Å². The first kappa shape index (κ1) is 25.1. The number of nitrogens with zero attached hydrogens (tertiary/aromatic N) is 1. The van der Waals surface area contributed by atoms with Gasteiger partial charge in [0.25, 0.3) is 0 Å². The fourth-order valence-electron chi connectivity index (χ4n) is 3.99. The van der Waals surface area contributed by atoms with Crippen LogP contribution < -0.4 is 20.7 Å². The standard InChI is InChI=1S/C28H34FN3O2/c1-6-19-11-15-26(30)24(7-2)27(19)31-28(33)32(22-12-8-20(9-13-22)18(3)4)17-21-10-14-23(34-5)16-25(21)29/h8-16,18H,6-7,17,30H2,1-5H3,(H,31,33). The Morgan fingerprint density at radius 1 is 1.03 bits per heavy atom. The van der Waals surface area contributed by atoms with Crippen molar-refractivity contribution in [2.45, 2.75) is 53.0 Å². The minimum Gasteiger partial charge on any atom is -0.497 e. The van der Waals surface area contributed by atoms with Gasteiger partial charge in [0.2, 0.25) is 0 Å². The van der Waals surface area contributed by atoms with E-state index in [9.17, 15) is 9.18 Å². The molecule has 0 aliphatic heterocycles. The Balaban J connectivity index is 2.01. The van der Waals surface area contributed by atoms with Crippen LogP contribution in [0, 0.1) is 5.82 Å². The smallest absolute Gasteiger partial charge is 0.326 e. The maximum Gasteiger partial charge on any atom is 0.326 e. The summed E-state index contributed by atoms with van der Waals surface area (Å²) in [5, 5.41) is 3.08. The van der Waals surface area contributed by atoms with E-state index in [1.54, 1.807) is 17.0 Å². The molecule has 3 rings (SSSR count). The average molecular weight is 464 g/mol. The van der Waals surface area contributed by atoms with Crippen LogP contribution in [0.5, 0.6) is 5.75 Å². The Bertz CT molecular complexity index is 1140. The molecule has 0 spiro atoms. The van der Waals surface area contributed by atoms with Crippen molar-refractivity contribution < 1.29 is 13.9 Å². The van der Waals surface area contributed by atoms with Gasteiger partial charge in [-0.3, -0.25) is 4.90 Å². The van der Waals surface area contributed by atoms with E-state index in [1.165, 1.54) is 13.2 Å². The van der Waals surface area contributed by atoms with Gasteiger partial charge < -0.3 is 15.8 Å². The first-order chi connectivity index (χ1) is 16.3. The molecular weight excluding hydrogens is 429 g/mol. The Labute approximate surface area is 201 Å². The molecular formula is C28H34FN3O2. The topological polar surface area (TPSA) is 67.6 Å². The number of urea groups is 1. The molecule has 5 nitrogen and oxygen atoms in total. The lowest BCUT2D eigenvalue weighted by atomic mass is 10.0. The van der Waals surface area contributed by atoms with E-state index >= 15 is 0 Å². The number of anilines is 3. The summed E-state index contributed by atoms with van der Waals surface area (Å²) in [6.45, 7) is 8.34. The average Bonchev–Trinajstić information content (AvgIpc) is 2.83. The molecule has 180 valence electrons. The normalized spacial score (nSPS) is 10.9. The monoisotopic (exact) mass is 463 g/mol. The number of methoxy groups -OCH3 is 1. The number of hydrogen-bond donors (Lipinski definition) is 2. The Kier molecular flexibility index (Phi) is 8.16. The van der Waals surface area contributed by atoms with E-state index in [4.69, 9.17) is 10.5 Å². The third-order valence-corrected chi connectivity index (χ3v) is 6.11. The summed E-state index contributed by atoms with van der Waals surface area (Å²) in [6.07, 6.45) is 1.44.